The molecule has 0 amide bonds. The summed E-state index contributed by atoms with van der Waals surface area (Å²) in [6.45, 7) is 9.80. The normalized spacial score (nSPS) is 17.7. The van der Waals surface area contributed by atoms with Crippen molar-refractivity contribution in [3.8, 4) is 23.2 Å². The van der Waals surface area contributed by atoms with E-state index in [9.17, 15) is 26.3 Å². The molecule has 2 aliphatic heterocycles. The Morgan fingerprint density at radius 3 is 1.31 bits per heavy atom. The topological polar surface area (TPSA) is 113 Å². The van der Waals surface area contributed by atoms with Crippen molar-refractivity contribution in [2.24, 2.45) is 14.1 Å². The maximum absolute atomic E-state index is 12.8. The zero-order valence-electron chi connectivity index (χ0n) is 35.9. The summed E-state index contributed by atoms with van der Waals surface area (Å²) in [5.74, 6) is 4.64. The molecule has 6 aromatic rings. The number of benzene rings is 2. The third-order valence-corrected chi connectivity index (χ3v) is 13.2. The van der Waals surface area contributed by atoms with Crippen LogP contribution < -0.4 is 0 Å². The van der Waals surface area contributed by atoms with Gasteiger partial charge in [0.1, 0.15) is 0 Å². The molecule has 2 saturated heterocycles. The SMILES string of the molecule is Cc1ccoc1-c1nnc(SCCCN2CCO[C@@H](c3ccc(C(F)(F)F)cc3)C2)n1C.Cc1ccoc1-c1nnc(SCCCN2CCO[C@H](c3ccc(C(F)(F)F)cc3)C2)n1C. The largest absolute Gasteiger partial charge is 0.461 e. The number of nitrogens with zero attached hydrogens (tertiary/aromatic N) is 8. The summed E-state index contributed by atoms with van der Waals surface area (Å²) in [6, 6.07) is 14.3. The maximum atomic E-state index is 12.8. The van der Waals surface area contributed by atoms with Gasteiger partial charge in [0.25, 0.3) is 0 Å². The van der Waals surface area contributed by atoms with E-state index in [1.807, 2.05) is 49.2 Å². The highest BCUT2D eigenvalue weighted by Crippen LogP contribution is 2.34. The van der Waals surface area contributed by atoms with Crippen LogP contribution >= 0.6 is 23.5 Å². The molecule has 4 aromatic heterocycles. The molecule has 6 heterocycles. The van der Waals surface area contributed by atoms with Crippen LogP contribution in [0.2, 0.25) is 0 Å². The van der Waals surface area contributed by atoms with Crippen molar-refractivity contribution in [2.45, 2.75) is 61.6 Å². The van der Waals surface area contributed by atoms with Crippen LogP contribution in [0.25, 0.3) is 23.2 Å². The number of hydrogen-bond acceptors (Lipinski definition) is 12. The molecule has 8 rings (SSSR count). The van der Waals surface area contributed by atoms with Crippen molar-refractivity contribution in [3.63, 3.8) is 0 Å². The molecule has 0 spiro atoms. The summed E-state index contributed by atoms with van der Waals surface area (Å²) >= 11 is 3.29. The van der Waals surface area contributed by atoms with Gasteiger partial charge in [-0.25, -0.2) is 0 Å². The number of ether oxygens (including phenoxy) is 2. The van der Waals surface area contributed by atoms with Crippen molar-refractivity contribution in [1.82, 2.24) is 39.3 Å². The van der Waals surface area contributed by atoms with Gasteiger partial charge in [-0.05, 0) is 98.4 Å². The first-order valence-corrected chi connectivity index (χ1v) is 22.8. The van der Waals surface area contributed by atoms with Crippen molar-refractivity contribution in [3.05, 3.63) is 107 Å². The van der Waals surface area contributed by atoms with Crippen molar-refractivity contribution in [1.29, 1.82) is 0 Å². The summed E-state index contributed by atoms with van der Waals surface area (Å²) in [5, 5.41) is 18.7. The highest BCUT2D eigenvalue weighted by Gasteiger charge is 2.32. The van der Waals surface area contributed by atoms with Gasteiger partial charge in [-0.1, -0.05) is 47.8 Å². The molecule has 0 bridgehead atoms. The fraction of sp³-hybridized carbons (Fsp3) is 0.455. The van der Waals surface area contributed by atoms with Gasteiger partial charge in [0, 0.05) is 51.8 Å². The average Bonchev–Trinajstić information content (AvgIpc) is 4.08. The summed E-state index contributed by atoms with van der Waals surface area (Å²) in [7, 11) is 3.85. The summed E-state index contributed by atoms with van der Waals surface area (Å²) in [5.41, 5.74) is 2.31. The number of halogens is 6. The van der Waals surface area contributed by atoms with Gasteiger partial charge in [0.05, 0.1) is 49.1 Å². The zero-order chi connectivity index (χ0) is 45.4. The molecule has 20 heteroatoms. The summed E-state index contributed by atoms with van der Waals surface area (Å²) in [4.78, 5) is 4.58. The number of morpholine rings is 2. The minimum absolute atomic E-state index is 0.212. The van der Waals surface area contributed by atoms with E-state index in [4.69, 9.17) is 18.3 Å². The molecule has 0 unspecified atom stereocenters. The van der Waals surface area contributed by atoms with Gasteiger partial charge < -0.3 is 27.4 Å². The molecule has 0 N–H and O–H groups in total. The van der Waals surface area contributed by atoms with Gasteiger partial charge in [-0.15, -0.1) is 20.4 Å². The molecule has 12 nitrogen and oxygen atoms in total. The van der Waals surface area contributed by atoms with Crippen LogP contribution in [0.1, 0.15) is 58.4 Å². The van der Waals surface area contributed by atoms with Crippen LogP contribution in [0.5, 0.6) is 0 Å². The van der Waals surface area contributed by atoms with Gasteiger partial charge in [0.2, 0.25) is 0 Å². The van der Waals surface area contributed by atoms with E-state index < -0.39 is 23.5 Å². The molecule has 0 aliphatic carbocycles. The Kier molecular flexibility index (Phi) is 15.6. The van der Waals surface area contributed by atoms with Gasteiger partial charge in [0.15, 0.2) is 33.5 Å². The Bertz CT molecular complexity index is 2230. The Balaban J connectivity index is 0.000000191. The number of alkyl halides is 6. The van der Waals surface area contributed by atoms with E-state index in [0.717, 1.165) is 119 Å². The quantitative estimate of drug-likeness (QED) is 0.0589. The lowest BCUT2D eigenvalue weighted by Crippen LogP contribution is -2.39. The Morgan fingerprint density at radius 1 is 0.578 bits per heavy atom. The molecular weight excluding hydrogens is 883 g/mol. The molecule has 2 fully saturated rings. The second-order valence-corrected chi connectivity index (χ2v) is 17.7. The Hall–Kier alpha value is -4.60. The minimum Gasteiger partial charge on any atom is -0.461 e. The Morgan fingerprint density at radius 2 is 0.969 bits per heavy atom. The third kappa shape index (κ3) is 12.0. The van der Waals surface area contributed by atoms with Crippen LogP contribution in [-0.4, -0.2) is 103 Å². The van der Waals surface area contributed by atoms with Gasteiger partial charge >= 0.3 is 12.4 Å². The van der Waals surface area contributed by atoms with Crippen molar-refractivity contribution in [2.75, 3.05) is 64.0 Å². The lowest BCUT2D eigenvalue weighted by atomic mass is 10.1. The fourth-order valence-electron chi connectivity index (χ4n) is 7.37. The maximum Gasteiger partial charge on any atom is 0.416 e. The first-order valence-electron chi connectivity index (χ1n) is 20.8. The highest BCUT2D eigenvalue weighted by molar-refractivity contribution is 7.99. The summed E-state index contributed by atoms with van der Waals surface area (Å²) in [6.07, 6.45) is -3.88. The van der Waals surface area contributed by atoms with Crippen LogP contribution in [-0.2, 0) is 35.9 Å². The molecule has 0 radical (unpaired) electrons. The number of aryl methyl sites for hydroxylation is 2. The van der Waals surface area contributed by atoms with E-state index in [0.29, 0.717) is 38.0 Å². The number of aromatic nitrogens is 6. The van der Waals surface area contributed by atoms with E-state index >= 15 is 0 Å². The minimum atomic E-state index is -4.32. The second kappa shape index (κ2) is 21.1. The third-order valence-electron chi connectivity index (χ3n) is 11.0. The van der Waals surface area contributed by atoms with E-state index in [1.165, 1.54) is 24.3 Å². The standard InChI is InChI=1S/2C22H25F3N4O2S/c2*1-15-8-11-31-19(15)20-26-27-21(28(20)2)32-13-3-9-29-10-12-30-18(14-29)16-4-6-17(7-5-16)22(23,24)25/h2*4-8,11,18H,3,9-10,12-14H2,1-2H3/t2*18-/m10/s1. The van der Waals surface area contributed by atoms with Crippen LogP contribution in [0.4, 0.5) is 26.3 Å². The van der Waals surface area contributed by atoms with E-state index in [2.05, 4.69) is 30.2 Å². The van der Waals surface area contributed by atoms with E-state index in [1.54, 1.807) is 36.1 Å². The zero-order valence-corrected chi connectivity index (χ0v) is 37.5. The number of rotatable bonds is 14. The van der Waals surface area contributed by atoms with Gasteiger partial charge in [-0.3, -0.25) is 9.80 Å². The Labute approximate surface area is 375 Å². The first kappa shape index (κ1) is 47.4. The van der Waals surface area contributed by atoms with E-state index in [-0.39, 0.29) is 12.2 Å². The molecule has 2 aromatic carbocycles. The molecule has 0 saturated carbocycles. The van der Waals surface area contributed by atoms with Crippen LogP contribution in [0.15, 0.2) is 92.3 Å². The number of furan rings is 2. The van der Waals surface area contributed by atoms with Crippen molar-refractivity contribution < 1.29 is 44.7 Å². The molecule has 2 aliphatic rings. The van der Waals surface area contributed by atoms with Crippen molar-refractivity contribution >= 4 is 23.5 Å². The lowest BCUT2D eigenvalue weighted by molar-refractivity contribution is -0.138. The predicted octanol–water partition coefficient (Wildman–Crippen LogP) is 9.92. The molecular formula is C44H50F6N8O4S2. The van der Waals surface area contributed by atoms with Crippen LogP contribution in [0.3, 0.4) is 0 Å². The van der Waals surface area contributed by atoms with Gasteiger partial charge in [-0.2, -0.15) is 26.3 Å². The molecule has 344 valence electrons. The number of hydrogen-bond donors (Lipinski definition) is 0. The smallest absolute Gasteiger partial charge is 0.416 e. The average molecular weight is 933 g/mol. The first-order chi connectivity index (χ1) is 30.7. The fourth-order valence-corrected chi connectivity index (χ4v) is 9.04. The monoisotopic (exact) mass is 932 g/mol. The lowest BCUT2D eigenvalue weighted by Gasteiger charge is -2.33. The van der Waals surface area contributed by atoms with Crippen LogP contribution in [0, 0.1) is 13.8 Å². The highest BCUT2D eigenvalue weighted by atomic mass is 32.2. The number of thioether (sulfide) groups is 2. The predicted molar refractivity (Wildman–Crippen MR) is 231 cm³/mol. The summed E-state index contributed by atoms with van der Waals surface area (Å²) < 4.78 is 103. The molecule has 2 atom stereocenters. The second-order valence-electron chi connectivity index (χ2n) is 15.6. The molecule has 64 heavy (non-hydrogen) atoms.